The molecule has 74 valence electrons. The minimum Gasteiger partial charge on any atom is -0.278 e. The molecule has 0 bridgehead atoms. The monoisotopic (exact) mass is 196 g/mol. The third-order valence-corrected chi connectivity index (χ3v) is 2.45. The Morgan fingerprint density at radius 1 is 1.33 bits per heavy atom. The number of benzene rings is 1. The Balaban J connectivity index is 2.47. The molecule has 0 saturated carbocycles. The predicted octanol–water partition coefficient (Wildman–Crippen LogP) is 2.81. The lowest BCUT2D eigenvalue weighted by molar-refractivity contribution is 1.01. The van der Waals surface area contributed by atoms with E-state index >= 15 is 0 Å². The summed E-state index contributed by atoms with van der Waals surface area (Å²) in [6.07, 6.45) is 7.22. The third kappa shape index (κ3) is 1.77. The molecule has 0 aliphatic carbocycles. The summed E-state index contributed by atoms with van der Waals surface area (Å²) in [7, 11) is 0. The molecule has 15 heavy (non-hydrogen) atoms. The molecule has 0 aliphatic heterocycles. The van der Waals surface area contributed by atoms with Gasteiger partial charge in [0.1, 0.15) is 0 Å². The van der Waals surface area contributed by atoms with E-state index in [9.17, 15) is 0 Å². The van der Waals surface area contributed by atoms with E-state index in [1.165, 1.54) is 0 Å². The summed E-state index contributed by atoms with van der Waals surface area (Å²) < 4.78 is 0. The average Bonchev–Trinajstić information content (AvgIpc) is 2.78. The number of H-pyrrole nitrogens is 1. The van der Waals surface area contributed by atoms with E-state index in [0.29, 0.717) is 0 Å². The zero-order chi connectivity index (χ0) is 10.7. The van der Waals surface area contributed by atoms with Crippen LogP contribution in [0.4, 0.5) is 0 Å². The molecule has 0 radical (unpaired) electrons. The Morgan fingerprint density at radius 3 is 2.73 bits per heavy atom. The molecule has 0 fully saturated rings. The lowest BCUT2D eigenvalue weighted by Gasteiger charge is -2.05. The number of aromatic amines is 1. The van der Waals surface area contributed by atoms with Crippen molar-refractivity contribution in [1.29, 1.82) is 0 Å². The van der Waals surface area contributed by atoms with Crippen LogP contribution in [0.1, 0.15) is 18.4 Å². The van der Waals surface area contributed by atoms with Gasteiger partial charge in [-0.15, -0.1) is 6.42 Å². The molecular weight excluding hydrogens is 184 g/mol. The van der Waals surface area contributed by atoms with Crippen molar-refractivity contribution in [3.63, 3.8) is 0 Å². The van der Waals surface area contributed by atoms with Crippen LogP contribution in [0.15, 0.2) is 36.5 Å². The summed E-state index contributed by atoms with van der Waals surface area (Å²) in [6.45, 7) is 2.00. The highest BCUT2D eigenvalue weighted by Gasteiger charge is 2.11. The average molecular weight is 196 g/mol. The topological polar surface area (TPSA) is 28.7 Å². The number of nitrogens with one attached hydrogen (secondary N) is 1. The smallest absolute Gasteiger partial charge is 0.0694 e. The number of hydrogen-bond donors (Lipinski definition) is 1. The highest BCUT2D eigenvalue weighted by Crippen LogP contribution is 2.26. The third-order valence-electron chi connectivity index (χ3n) is 2.45. The van der Waals surface area contributed by atoms with Crippen molar-refractivity contribution in [1.82, 2.24) is 10.2 Å². The summed E-state index contributed by atoms with van der Waals surface area (Å²) in [5, 5.41) is 7.04. The summed E-state index contributed by atoms with van der Waals surface area (Å²) in [4.78, 5) is 0. The molecule has 2 rings (SSSR count). The molecule has 2 aromatic rings. The van der Waals surface area contributed by atoms with Crippen LogP contribution >= 0.6 is 0 Å². The van der Waals surface area contributed by atoms with E-state index in [1.807, 2.05) is 37.3 Å². The van der Waals surface area contributed by atoms with E-state index in [0.717, 1.165) is 16.8 Å². The number of aromatic nitrogens is 2. The molecule has 1 heterocycles. The summed E-state index contributed by atoms with van der Waals surface area (Å²) in [5.74, 6) is 2.80. The minimum atomic E-state index is 0.0824. The highest BCUT2D eigenvalue weighted by molar-refractivity contribution is 5.63. The molecule has 0 saturated heterocycles. The Labute approximate surface area is 89.3 Å². The van der Waals surface area contributed by atoms with Gasteiger partial charge in [0, 0.05) is 11.5 Å². The van der Waals surface area contributed by atoms with Crippen LogP contribution in [0.2, 0.25) is 0 Å². The van der Waals surface area contributed by atoms with Crippen molar-refractivity contribution >= 4 is 0 Å². The number of rotatable bonds is 2. The van der Waals surface area contributed by atoms with E-state index in [1.54, 1.807) is 6.20 Å². The van der Waals surface area contributed by atoms with E-state index in [-0.39, 0.29) is 5.92 Å². The van der Waals surface area contributed by atoms with Crippen molar-refractivity contribution in [2.24, 2.45) is 0 Å². The van der Waals surface area contributed by atoms with Crippen molar-refractivity contribution < 1.29 is 0 Å². The van der Waals surface area contributed by atoms with Crippen LogP contribution in [0.5, 0.6) is 0 Å². The molecule has 0 aliphatic rings. The first-order valence-electron chi connectivity index (χ1n) is 4.87. The Kier molecular flexibility index (Phi) is 2.55. The second-order valence-electron chi connectivity index (χ2n) is 3.45. The van der Waals surface area contributed by atoms with Gasteiger partial charge in [0.05, 0.1) is 11.9 Å². The molecule has 1 atom stereocenters. The maximum Gasteiger partial charge on any atom is 0.0694 e. The second-order valence-corrected chi connectivity index (χ2v) is 3.45. The molecule has 1 unspecified atom stereocenters. The highest BCUT2D eigenvalue weighted by atomic mass is 15.1. The standard InChI is InChI=1S/C13H12N2/c1-3-10(2)12-9-14-15-13(12)11-7-5-4-6-8-11/h1,4-10H,2H3,(H,14,15). The summed E-state index contributed by atoms with van der Waals surface area (Å²) >= 11 is 0. The fourth-order valence-corrected chi connectivity index (χ4v) is 1.55. The fourth-order valence-electron chi connectivity index (χ4n) is 1.55. The predicted molar refractivity (Wildman–Crippen MR) is 61.3 cm³/mol. The molecule has 2 nitrogen and oxygen atoms in total. The zero-order valence-electron chi connectivity index (χ0n) is 8.57. The van der Waals surface area contributed by atoms with Gasteiger partial charge in [-0.2, -0.15) is 5.10 Å². The zero-order valence-corrected chi connectivity index (χ0v) is 8.57. The quantitative estimate of drug-likeness (QED) is 0.735. The van der Waals surface area contributed by atoms with E-state index in [2.05, 4.69) is 16.1 Å². The molecular formula is C13H12N2. The van der Waals surface area contributed by atoms with E-state index < -0.39 is 0 Å². The molecule has 1 N–H and O–H groups in total. The van der Waals surface area contributed by atoms with Crippen LogP contribution in [-0.4, -0.2) is 10.2 Å². The first kappa shape index (κ1) is 9.54. The summed E-state index contributed by atoms with van der Waals surface area (Å²) in [6, 6.07) is 10.1. The molecule has 1 aromatic carbocycles. The molecule has 1 aromatic heterocycles. The van der Waals surface area contributed by atoms with Gasteiger partial charge in [0.2, 0.25) is 0 Å². The van der Waals surface area contributed by atoms with Crippen LogP contribution < -0.4 is 0 Å². The molecule has 0 spiro atoms. The van der Waals surface area contributed by atoms with Crippen LogP contribution in [-0.2, 0) is 0 Å². The van der Waals surface area contributed by atoms with Gasteiger partial charge in [-0.3, -0.25) is 5.10 Å². The maximum atomic E-state index is 5.42. The van der Waals surface area contributed by atoms with Crippen LogP contribution in [0.3, 0.4) is 0 Å². The number of hydrogen-bond acceptors (Lipinski definition) is 1. The normalized spacial score (nSPS) is 12.0. The Bertz CT molecular complexity index is 477. The number of nitrogens with zero attached hydrogens (tertiary/aromatic N) is 1. The van der Waals surface area contributed by atoms with Crippen molar-refractivity contribution in [2.45, 2.75) is 12.8 Å². The maximum absolute atomic E-state index is 5.42. The fraction of sp³-hybridized carbons (Fsp3) is 0.154. The van der Waals surface area contributed by atoms with Gasteiger partial charge < -0.3 is 0 Å². The second kappa shape index (κ2) is 4.02. The molecule has 0 amide bonds. The van der Waals surface area contributed by atoms with Crippen molar-refractivity contribution in [3.05, 3.63) is 42.1 Å². The van der Waals surface area contributed by atoms with Gasteiger partial charge in [0.25, 0.3) is 0 Å². The first-order chi connectivity index (χ1) is 7.33. The van der Waals surface area contributed by atoms with Gasteiger partial charge in [-0.25, -0.2) is 0 Å². The summed E-state index contributed by atoms with van der Waals surface area (Å²) in [5.41, 5.74) is 3.21. The lowest BCUT2D eigenvalue weighted by Crippen LogP contribution is -1.90. The molecule has 2 heteroatoms. The van der Waals surface area contributed by atoms with Crippen LogP contribution in [0, 0.1) is 12.3 Å². The number of terminal acetylenes is 1. The largest absolute Gasteiger partial charge is 0.278 e. The van der Waals surface area contributed by atoms with Crippen LogP contribution in [0.25, 0.3) is 11.3 Å². The van der Waals surface area contributed by atoms with Crippen molar-refractivity contribution in [2.75, 3.05) is 0 Å². The van der Waals surface area contributed by atoms with Gasteiger partial charge >= 0.3 is 0 Å². The van der Waals surface area contributed by atoms with E-state index in [4.69, 9.17) is 6.42 Å². The lowest BCUT2D eigenvalue weighted by atomic mass is 9.99. The SMILES string of the molecule is C#CC(C)c1cn[nH]c1-c1ccccc1. The van der Waals surface area contributed by atoms with Gasteiger partial charge in [-0.05, 0) is 12.5 Å². The van der Waals surface area contributed by atoms with Gasteiger partial charge in [0.15, 0.2) is 0 Å². The Morgan fingerprint density at radius 2 is 2.07 bits per heavy atom. The van der Waals surface area contributed by atoms with Gasteiger partial charge in [-0.1, -0.05) is 36.3 Å². The Hall–Kier alpha value is -2.01. The van der Waals surface area contributed by atoms with Crippen molar-refractivity contribution in [3.8, 4) is 23.6 Å². The first-order valence-corrected chi connectivity index (χ1v) is 4.87. The minimum absolute atomic E-state index is 0.0824.